The Balaban J connectivity index is 2.44. The van der Waals surface area contributed by atoms with Gasteiger partial charge in [-0.25, -0.2) is 4.79 Å². The van der Waals surface area contributed by atoms with Gasteiger partial charge in [-0.1, -0.05) is 18.2 Å². The summed E-state index contributed by atoms with van der Waals surface area (Å²) in [5.74, 6) is -0.305. The number of imide groups is 1. The van der Waals surface area contributed by atoms with E-state index in [2.05, 4.69) is 17.2 Å². The van der Waals surface area contributed by atoms with Crippen molar-refractivity contribution in [3.05, 3.63) is 42.5 Å². The summed E-state index contributed by atoms with van der Waals surface area (Å²) in [5, 5.41) is 13.3. The SMILES string of the molecule is C=CCNC(=O)NC(=O)COc1ccccc1C#N. The van der Waals surface area contributed by atoms with Crippen molar-refractivity contribution >= 4 is 11.9 Å². The van der Waals surface area contributed by atoms with Crippen molar-refractivity contribution in [2.45, 2.75) is 0 Å². The minimum absolute atomic E-state index is 0.261. The fourth-order valence-electron chi connectivity index (χ4n) is 1.20. The highest BCUT2D eigenvalue weighted by atomic mass is 16.5. The lowest BCUT2D eigenvalue weighted by molar-refractivity contribution is -0.122. The lowest BCUT2D eigenvalue weighted by Crippen LogP contribution is -2.41. The summed E-state index contributed by atoms with van der Waals surface area (Å²) >= 11 is 0. The molecule has 0 saturated heterocycles. The van der Waals surface area contributed by atoms with Crippen LogP contribution < -0.4 is 15.4 Å². The second-order valence-corrected chi connectivity index (χ2v) is 3.44. The van der Waals surface area contributed by atoms with Crippen LogP contribution in [0.3, 0.4) is 0 Å². The quantitative estimate of drug-likeness (QED) is 0.770. The third-order valence-corrected chi connectivity index (χ3v) is 2.03. The zero-order valence-corrected chi connectivity index (χ0v) is 10.2. The number of benzene rings is 1. The molecule has 0 aliphatic heterocycles. The average Bonchev–Trinajstić information content (AvgIpc) is 2.43. The number of amides is 3. The first-order valence-electron chi connectivity index (χ1n) is 5.48. The molecule has 0 bridgehead atoms. The van der Waals surface area contributed by atoms with Gasteiger partial charge in [0, 0.05) is 6.54 Å². The number of carbonyl (C=O) groups is 2. The average molecular weight is 259 g/mol. The maximum absolute atomic E-state index is 11.4. The molecule has 1 aromatic rings. The number of carbonyl (C=O) groups excluding carboxylic acids is 2. The maximum Gasteiger partial charge on any atom is 0.321 e. The summed E-state index contributed by atoms with van der Waals surface area (Å²) in [7, 11) is 0. The molecule has 0 aromatic heterocycles. The van der Waals surface area contributed by atoms with Crippen molar-refractivity contribution in [2.75, 3.05) is 13.2 Å². The molecule has 6 heteroatoms. The number of hydrogen-bond acceptors (Lipinski definition) is 4. The van der Waals surface area contributed by atoms with E-state index in [-0.39, 0.29) is 13.2 Å². The van der Waals surface area contributed by atoms with Crippen LogP contribution in [0, 0.1) is 11.3 Å². The zero-order valence-electron chi connectivity index (χ0n) is 10.2. The van der Waals surface area contributed by atoms with Crippen LogP contribution in [0.25, 0.3) is 0 Å². The van der Waals surface area contributed by atoms with Crippen molar-refractivity contribution in [2.24, 2.45) is 0 Å². The molecule has 1 rings (SSSR count). The molecular formula is C13H13N3O3. The van der Waals surface area contributed by atoms with Crippen molar-refractivity contribution in [3.8, 4) is 11.8 Å². The van der Waals surface area contributed by atoms with Crippen LogP contribution in [-0.2, 0) is 4.79 Å². The Morgan fingerprint density at radius 1 is 1.42 bits per heavy atom. The van der Waals surface area contributed by atoms with E-state index in [9.17, 15) is 9.59 Å². The summed E-state index contributed by atoms with van der Waals surface area (Å²) in [6.07, 6.45) is 1.49. The van der Waals surface area contributed by atoms with E-state index in [1.165, 1.54) is 6.08 Å². The molecule has 0 fully saturated rings. The van der Waals surface area contributed by atoms with Gasteiger partial charge in [-0.15, -0.1) is 6.58 Å². The molecule has 1 aromatic carbocycles. The monoisotopic (exact) mass is 259 g/mol. The van der Waals surface area contributed by atoms with Gasteiger partial charge in [-0.05, 0) is 12.1 Å². The van der Waals surface area contributed by atoms with E-state index < -0.39 is 11.9 Å². The highest BCUT2D eigenvalue weighted by Crippen LogP contribution is 2.15. The van der Waals surface area contributed by atoms with Gasteiger partial charge in [0.1, 0.15) is 11.8 Å². The van der Waals surface area contributed by atoms with Crippen LogP contribution in [0.5, 0.6) is 5.75 Å². The predicted molar refractivity (Wildman–Crippen MR) is 68.4 cm³/mol. The lowest BCUT2D eigenvalue weighted by atomic mass is 10.2. The van der Waals surface area contributed by atoms with Crippen LogP contribution >= 0.6 is 0 Å². The van der Waals surface area contributed by atoms with Crippen LogP contribution in [-0.4, -0.2) is 25.1 Å². The Labute approximate surface area is 110 Å². The molecule has 0 aliphatic rings. The van der Waals surface area contributed by atoms with Crippen LogP contribution in [0.4, 0.5) is 4.79 Å². The fourth-order valence-corrected chi connectivity index (χ4v) is 1.20. The first-order valence-corrected chi connectivity index (χ1v) is 5.48. The highest BCUT2D eigenvalue weighted by molar-refractivity contribution is 5.95. The number of nitriles is 1. The number of ether oxygens (including phenoxy) is 1. The number of rotatable bonds is 5. The van der Waals surface area contributed by atoms with Gasteiger partial charge in [-0.2, -0.15) is 5.26 Å². The zero-order chi connectivity index (χ0) is 14.1. The number of nitrogens with one attached hydrogen (secondary N) is 2. The fraction of sp³-hybridized carbons (Fsp3) is 0.154. The Bertz CT molecular complexity index is 520. The van der Waals surface area contributed by atoms with E-state index in [0.717, 1.165) is 0 Å². The molecule has 0 unspecified atom stereocenters. The molecule has 98 valence electrons. The van der Waals surface area contributed by atoms with Gasteiger partial charge < -0.3 is 10.1 Å². The largest absolute Gasteiger partial charge is 0.482 e. The van der Waals surface area contributed by atoms with Crippen LogP contribution in [0.1, 0.15) is 5.56 Å². The minimum atomic E-state index is -0.623. The Kier molecular flexibility index (Phi) is 5.63. The third-order valence-electron chi connectivity index (χ3n) is 2.03. The number of hydrogen-bond donors (Lipinski definition) is 2. The van der Waals surface area contributed by atoms with Crippen molar-refractivity contribution in [1.29, 1.82) is 5.26 Å². The summed E-state index contributed by atoms with van der Waals surface area (Å²) in [6, 6.07) is 7.84. The van der Waals surface area contributed by atoms with E-state index in [0.29, 0.717) is 11.3 Å². The molecule has 19 heavy (non-hydrogen) atoms. The summed E-state index contributed by atoms with van der Waals surface area (Å²) < 4.78 is 5.16. The van der Waals surface area contributed by atoms with E-state index >= 15 is 0 Å². The predicted octanol–water partition coefficient (Wildman–Crippen LogP) is 0.949. The van der Waals surface area contributed by atoms with Gasteiger partial charge in [0.15, 0.2) is 6.61 Å². The van der Waals surface area contributed by atoms with Crippen molar-refractivity contribution in [3.63, 3.8) is 0 Å². The van der Waals surface area contributed by atoms with Gasteiger partial charge in [0.05, 0.1) is 5.56 Å². The summed E-state index contributed by atoms with van der Waals surface area (Å²) in [4.78, 5) is 22.5. The first-order chi connectivity index (χ1) is 9.17. The lowest BCUT2D eigenvalue weighted by Gasteiger charge is -2.08. The molecule has 6 nitrogen and oxygen atoms in total. The van der Waals surface area contributed by atoms with Crippen LogP contribution in [0.15, 0.2) is 36.9 Å². The van der Waals surface area contributed by atoms with E-state index in [4.69, 9.17) is 10.00 Å². The summed E-state index contributed by atoms with van der Waals surface area (Å²) in [5.41, 5.74) is 0.325. The first kappa shape index (κ1) is 14.3. The molecule has 0 radical (unpaired) electrons. The Hall–Kier alpha value is -2.81. The number of para-hydroxylation sites is 1. The molecule has 0 atom stereocenters. The molecular weight excluding hydrogens is 246 g/mol. The Morgan fingerprint density at radius 2 is 2.16 bits per heavy atom. The smallest absolute Gasteiger partial charge is 0.321 e. The van der Waals surface area contributed by atoms with E-state index in [1.54, 1.807) is 24.3 Å². The second-order valence-electron chi connectivity index (χ2n) is 3.44. The van der Waals surface area contributed by atoms with Gasteiger partial charge >= 0.3 is 6.03 Å². The second kappa shape index (κ2) is 7.50. The van der Waals surface area contributed by atoms with Gasteiger partial charge in [-0.3, -0.25) is 10.1 Å². The highest BCUT2D eigenvalue weighted by Gasteiger charge is 2.09. The van der Waals surface area contributed by atoms with Crippen molar-refractivity contribution in [1.82, 2.24) is 10.6 Å². The standard InChI is InChI=1S/C13H13N3O3/c1-2-7-15-13(18)16-12(17)9-19-11-6-4-3-5-10(11)8-14/h2-6H,1,7,9H2,(H2,15,16,17,18). The topological polar surface area (TPSA) is 91.2 Å². The molecule has 0 spiro atoms. The molecule has 2 N–H and O–H groups in total. The van der Waals surface area contributed by atoms with Crippen LogP contribution in [0.2, 0.25) is 0 Å². The number of nitrogens with zero attached hydrogens (tertiary/aromatic N) is 1. The number of urea groups is 1. The molecule has 0 aliphatic carbocycles. The molecule has 3 amide bonds. The van der Waals surface area contributed by atoms with Gasteiger partial charge in [0.25, 0.3) is 5.91 Å². The third kappa shape index (κ3) is 4.91. The van der Waals surface area contributed by atoms with Crippen molar-refractivity contribution < 1.29 is 14.3 Å². The molecule has 0 heterocycles. The summed E-state index contributed by atoms with van der Waals surface area (Å²) in [6.45, 7) is 3.34. The van der Waals surface area contributed by atoms with E-state index in [1.807, 2.05) is 6.07 Å². The maximum atomic E-state index is 11.4. The molecule has 0 saturated carbocycles. The Morgan fingerprint density at radius 3 is 2.84 bits per heavy atom. The van der Waals surface area contributed by atoms with Gasteiger partial charge in [0.2, 0.25) is 0 Å². The normalized spacial score (nSPS) is 9.00. The minimum Gasteiger partial charge on any atom is -0.482 e.